The molecule has 156 valence electrons. The van der Waals surface area contributed by atoms with Crippen LogP contribution in [0.4, 0.5) is 0 Å². The first-order valence-electron chi connectivity index (χ1n) is 8.90. The molecule has 1 heterocycles. The normalized spacial score (nSPS) is 11.2. The van der Waals surface area contributed by atoms with Gasteiger partial charge < -0.3 is 24.6 Å². The number of guanidine groups is 1. The molecule has 0 amide bonds. The second kappa shape index (κ2) is 14.6. The van der Waals surface area contributed by atoms with Gasteiger partial charge in [0.05, 0.1) is 13.2 Å². The van der Waals surface area contributed by atoms with Crippen molar-refractivity contribution < 1.29 is 14.0 Å². The zero-order chi connectivity index (χ0) is 19.3. The Morgan fingerprint density at radius 1 is 1.25 bits per heavy atom. The van der Waals surface area contributed by atoms with Crippen LogP contribution < -0.4 is 10.6 Å². The van der Waals surface area contributed by atoms with Crippen LogP contribution >= 0.6 is 35.6 Å². The zero-order valence-corrected chi connectivity index (χ0v) is 19.2. The predicted octanol–water partition coefficient (Wildman–Crippen LogP) is 3.12. The number of hydrogen-bond donors (Lipinski definition) is 2. The Morgan fingerprint density at radius 2 is 2.11 bits per heavy atom. The molecule has 0 unspecified atom stereocenters. The Bertz CT molecular complexity index is 714. The second-order valence-electron chi connectivity index (χ2n) is 5.60. The van der Waals surface area contributed by atoms with Crippen molar-refractivity contribution in [3.63, 3.8) is 0 Å². The Kier molecular flexibility index (Phi) is 12.8. The van der Waals surface area contributed by atoms with E-state index >= 15 is 0 Å². The lowest BCUT2D eigenvalue weighted by Gasteiger charge is -2.10. The van der Waals surface area contributed by atoms with Crippen molar-refractivity contribution in [2.24, 2.45) is 4.99 Å². The van der Waals surface area contributed by atoms with E-state index < -0.39 is 0 Å². The number of ether oxygens (including phenoxy) is 2. The molecule has 0 saturated carbocycles. The molecule has 1 aromatic heterocycles. The van der Waals surface area contributed by atoms with Crippen LogP contribution in [0.5, 0.6) is 0 Å². The molecule has 0 bridgehead atoms. The molecule has 10 heteroatoms. The lowest BCUT2D eigenvalue weighted by molar-refractivity contribution is 0.0698. The molecular weight excluding hydrogens is 497 g/mol. The molecule has 28 heavy (non-hydrogen) atoms. The highest BCUT2D eigenvalue weighted by molar-refractivity contribution is 14.0. The smallest absolute Gasteiger partial charge is 0.248 e. The summed E-state index contributed by atoms with van der Waals surface area (Å²) < 4.78 is 15.6. The molecule has 0 aliphatic carbocycles. The molecule has 0 spiro atoms. The minimum Gasteiger partial charge on any atom is -0.382 e. The van der Waals surface area contributed by atoms with Crippen molar-refractivity contribution in [3.05, 3.63) is 35.2 Å². The van der Waals surface area contributed by atoms with Crippen molar-refractivity contribution in [2.75, 3.05) is 40.0 Å². The third kappa shape index (κ3) is 9.18. The van der Waals surface area contributed by atoms with Crippen molar-refractivity contribution >= 4 is 41.5 Å². The molecule has 8 nitrogen and oxygen atoms in total. The summed E-state index contributed by atoms with van der Waals surface area (Å²) >= 11 is 6.00. The van der Waals surface area contributed by atoms with Gasteiger partial charge in [0.25, 0.3) is 0 Å². The lowest BCUT2D eigenvalue weighted by atomic mass is 10.2. The van der Waals surface area contributed by atoms with Gasteiger partial charge in [-0.25, -0.2) is 4.99 Å². The van der Waals surface area contributed by atoms with Gasteiger partial charge in [-0.2, -0.15) is 4.98 Å². The molecular formula is C18H27ClIN5O3. The highest BCUT2D eigenvalue weighted by Gasteiger charge is 2.09. The highest BCUT2D eigenvalue weighted by atomic mass is 127. The summed E-state index contributed by atoms with van der Waals surface area (Å²) in [7, 11) is 1.66. The van der Waals surface area contributed by atoms with Crippen LogP contribution in [0.3, 0.4) is 0 Å². The second-order valence-corrected chi connectivity index (χ2v) is 6.04. The molecule has 0 radical (unpaired) electrons. The monoisotopic (exact) mass is 523 g/mol. The SMILES string of the molecule is CCNC(=NCc1nc(-c2cccc(Cl)c2)no1)NCCCOCCOC.I. The van der Waals surface area contributed by atoms with E-state index in [1.165, 1.54) is 0 Å². The van der Waals surface area contributed by atoms with Gasteiger partial charge in [0.15, 0.2) is 5.96 Å². The quantitative estimate of drug-likeness (QED) is 0.202. The van der Waals surface area contributed by atoms with Crippen LogP contribution in [0.2, 0.25) is 5.02 Å². The van der Waals surface area contributed by atoms with E-state index in [4.69, 9.17) is 25.6 Å². The zero-order valence-electron chi connectivity index (χ0n) is 16.1. The number of methoxy groups -OCH3 is 1. The number of aliphatic imine (C=N–C) groups is 1. The van der Waals surface area contributed by atoms with E-state index in [0.29, 0.717) is 42.5 Å². The van der Waals surface area contributed by atoms with E-state index in [1.807, 2.05) is 19.1 Å². The molecule has 0 saturated heterocycles. The third-order valence-electron chi connectivity index (χ3n) is 3.46. The van der Waals surface area contributed by atoms with E-state index in [0.717, 1.165) is 25.1 Å². The maximum absolute atomic E-state index is 6.00. The van der Waals surface area contributed by atoms with Crippen LogP contribution in [-0.4, -0.2) is 56.1 Å². The Hall–Kier alpha value is -1.43. The van der Waals surface area contributed by atoms with Gasteiger partial charge in [0, 0.05) is 37.4 Å². The van der Waals surface area contributed by atoms with Gasteiger partial charge >= 0.3 is 0 Å². The van der Waals surface area contributed by atoms with E-state index in [-0.39, 0.29) is 30.5 Å². The molecule has 1 aromatic carbocycles. The number of nitrogens with one attached hydrogen (secondary N) is 2. The molecule has 0 fully saturated rings. The number of rotatable bonds is 11. The molecule has 2 aromatic rings. The lowest BCUT2D eigenvalue weighted by Crippen LogP contribution is -2.38. The molecule has 0 aliphatic heterocycles. The highest BCUT2D eigenvalue weighted by Crippen LogP contribution is 2.19. The molecule has 0 aliphatic rings. The van der Waals surface area contributed by atoms with Crippen molar-refractivity contribution in [3.8, 4) is 11.4 Å². The van der Waals surface area contributed by atoms with E-state index in [9.17, 15) is 0 Å². The van der Waals surface area contributed by atoms with Crippen LogP contribution in [0, 0.1) is 0 Å². The average Bonchev–Trinajstić information content (AvgIpc) is 3.14. The summed E-state index contributed by atoms with van der Waals surface area (Å²) in [5, 5.41) is 11.0. The summed E-state index contributed by atoms with van der Waals surface area (Å²) in [6.07, 6.45) is 0.869. The first kappa shape index (κ1) is 24.6. The van der Waals surface area contributed by atoms with Gasteiger partial charge in [-0.15, -0.1) is 24.0 Å². The van der Waals surface area contributed by atoms with Gasteiger partial charge in [0.2, 0.25) is 11.7 Å². The standard InChI is InChI=1S/C18H26ClN5O3.HI/c1-3-20-18(21-8-5-9-26-11-10-25-2)22-13-16-23-17(24-27-16)14-6-4-7-15(19)12-14;/h4,6-7,12H,3,5,8-11,13H2,1-2H3,(H2,20,21,22);1H. The van der Waals surface area contributed by atoms with Gasteiger partial charge in [0.1, 0.15) is 6.54 Å². The molecule has 0 atom stereocenters. The van der Waals surface area contributed by atoms with Crippen LogP contribution in [-0.2, 0) is 16.0 Å². The maximum Gasteiger partial charge on any atom is 0.248 e. The third-order valence-corrected chi connectivity index (χ3v) is 3.69. The minimum atomic E-state index is 0. The topological polar surface area (TPSA) is 93.8 Å². The number of nitrogens with zero attached hydrogens (tertiary/aromatic N) is 3. The Morgan fingerprint density at radius 3 is 2.86 bits per heavy atom. The van der Waals surface area contributed by atoms with Gasteiger partial charge in [-0.05, 0) is 25.5 Å². The predicted molar refractivity (Wildman–Crippen MR) is 120 cm³/mol. The fourth-order valence-corrected chi connectivity index (χ4v) is 2.37. The van der Waals surface area contributed by atoms with Crippen molar-refractivity contribution in [2.45, 2.75) is 19.9 Å². The summed E-state index contributed by atoms with van der Waals surface area (Å²) in [6.45, 7) is 5.69. The summed E-state index contributed by atoms with van der Waals surface area (Å²) in [5.41, 5.74) is 0.806. The van der Waals surface area contributed by atoms with Gasteiger partial charge in [-0.1, -0.05) is 28.9 Å². The number of aromatic nitrogens is 2. The van der Waals surface area contributed by atoms with Crippen LogP contribution in [0.25, 0.3) is 11.4 Å². The van der Waals surface area contributed by atoms with Crippen LogP contribution in [0.15, 0.2) is 33.8 Å². The van der Waals surface area contributed by atoms with E-state index in [1.54, 1.807) is 19.2 Å². The first-order chi connectivity index (χ1) is 13.2. The van der Waals surface area contributed by atoms with Gasteiger partial charge in [-0.3, -0.25) is 0 Å². The number of halogens is 2. The summed E-state index contributed by atoms with van der Waals surface area (Å²) in [4.78, 5) is 8.83. The molecule has 2 rings (SSSR count). The first-order valence-corrected chi connectivity index (χ1v) is 9.28. The van der Waals surface area contributed by atoms with Crippen molar-refractivity contribution in [1.82, 2.24) is 20.8 Å². The summed E-state index contributed by atoms with van der Waals surface area (Å²) in [5.74, 6) is 1.62. The number of hydrogen-bond acceptors (Lipinski definition) is 6. The number of benzene rings is 1. The Labute approximate surface area is 187 Å². The van der Waals surface area contributed by atoms with Crippen molar-refractivity contribution in [1.29, 1.82) is 0 Å². The van der Waals surface area contributed by atoms with Crippen LogP contribution in [0.1, 0.15) is 19.2 Å². The Balaban J connectivity index is 0.00000392. The largest absolute Gasteiger partial charge is 0.382 e. The van der Waals surface area contributed by atoms with E-state index in [2.05, 4.69) is 25.8 Å². The minimum absolute atomic E-state index is 0. The molecule has 2 N–H and O–H groups in total. The fraction of sp³-hybridized carbons (Fsp3) is 0.500. The fourth-order valence-electron chi connectivity index (χ4n) is 2.18. The summed E-state index contributed by atoms with van der Waals surface area (Å²) in [6, 6.07) is 7.31. The average molecular weight is 524 g/mol. The maximum atomic E-state index is 6.00.